The number of alkyl halides is 1. The molecule has 9 nitrogen and oxygen atoms in total. The third-order valence-corrected chi connectivity index (χ3v) is 3.02. The summed E-state index contributed by atoms with van der Waals surface area (Å²) < 4.78 is 15.3. The van der Waals surface area contributed by atoms with Crippen LogP contribution in [0.2, 0.25) is 0 Å². The van der Waals surface area contributed by atoms with Gasteiger partial charge in [-0.15, -0.1) is 10.2 Å². The number of carbonyl (C=O) groups excluding carboxylic acids is 2. The molecule has 1 unspecified atom stereocenters. The number of hydrogen-bond acceptors (Lipinski definition) is 6. The predicted molar refractivity (Wildman–Crippen MR) is 78.3 cm³/mol. The molecule has 0 spiro atoms. The molecule has 122 valence electrons. The summed E-state index contributed by atoms with van der Waals surface area (Å²) in [5.74, 6) is -0.0316. The summed E-state index contributed by atoms with van der Waals surface area (Å²) in [6.07, 6.45) is 1.36. The van der Waals surface area contributed by atoms with Crippen molar-refractivity contribution in [2.24, 2.45) is 0 Å². The van der Waals surface area contributed by atoms with Crippen molar-refractivity contribution in [3.05, 3.63) is 29.7 Å². The van der Waals surface area contributed by atoms with E-state index in [0.29, 0.717) is 24.3 Å². The smallest absolute Gasteiger partial charge is 0.273 e. The summed E-state index contributed by atoms with van der Waals surface area (Å²) in [4.78, 5) is 21.6. The second kappa shape index (κ2) is 7.92. The molecule has 0 aliphatic carbocycles. The quantitative estimate of drug-likeness (QED) is 0.660. The Morgan fingerprint density at radius 3 is 2.87 bits per heavy atom. The third kappa shape index (κ3) is 4.80. The Balaban J connectivity index is 1.82. The van der Waals surface area contributed by atoms with Crippen molar-refractivity contribution in [3.8, 4) is 0 Å². The summed E-state index contributed by atoms with van der Waals surface area (Å²) in [6.45, 7) is 0.00219. The zero-order valence-electron chi connectivity index (χ0n) is 12.4. The molecule has 0 aromatic carbocycles. The molecule has 0 bridgehead atoms. The number of amides is 2. The van der Waals surface area contributed by atoms with Crippen molar-refractivity contribution in [2.45, 2.75) is 25.6 Å². The van der Waals surface area contributed by atoms with E-state index in [-0.39, 0.29) is 24.6 Å². The number of rotatable bonds is 8. The van der Waals surface area contributed by atoms with E-state index in [9.17, 15) is 14.0 Å². The fourth-order valence-corrected chi connectivity index (χ4v) is 1.85. The number of carbonyl (C=O) groups is 2. The highest BCUT2D eigenvalue weighted by atomic mass is 19.1. The maximum Gasteiger partial charge on any atom is 0.273 e. The standard InChI is InChI=1S/C13H16FN7O2/c1-15-13(23)11-7-21(20-18-11)6-9(14)2-3-10-4-5-12(16-8-22)19-17-10/h4-5,7-9H,2-3,6H2,1H3,(H,15,23)(H,16,19,22). The fourth-order valence-electron chi connectivity index (χ4n) is 1.85. The van der Waals surface area contributed by atoms with Gasteiger partial charge in [-0.05, 0) is 25.0 Å². The first kappa shape index (κ1) is 16.5. The summed E-state index contributed by atoms with van der Waals surface area (Å²) in [5.41, 5.74) is 0.762. The number of nitrogens with zero attached hydrogens (tertiary/aromatic N) is 5. The number of nitrogens with one attached hydrogen (secondary N) is 2. The predicted octanol–water partition coefficient (Wildman–Crippen LogP) is -0.0331. The average molecular weight is 321 g/mol. The van der Waals surface area contributed by atoms with Crippen molar-refractivity contribution >= 4 is 18.1 Å². The fraction of sp³-hybridized carbons (Fsp3) is 0.385. The van der Waals surface area contributed by atoms with Gasteiger partial charge < -0.3 is 10.6 Å². The van der Waals surface area contributed by atoms with Crippen LogP contribution in [0.25, 0.3) is 0 Å². The molecule has 2 aromatic rings. The number of aryl methyl sites for hydroxylation is 1. The van der Waals surface area contributed by atoms with Gasteiger partial charge >= 0.3 is 0 Å². The second-order valence-electron chi connectivity index (χ2n) is 4.71. The molecular weight excluding hydrogens is 305 g/mol. The van der Waals surface area contributed by atoms with Gasteiger partial charge in [0.05, 0.1) is 18.4 Å². The van der Waals surface area contributed by atoms with E-state index in [1.807, 2.05) is 0 Å². The molecular formula is C13H16FN7O2. The lowest BCUT2D eigenvalue weighted by molar-refractivity contribution is -0.105. The molecule has 10 heteroatoms. The van der Waals surface area contributed by atoms with Crippen LogP contribution in [-0.2, 0) is 17.8 Å². The summed E-state index contributed by atoms with van der Waals surface area (Å²) in [6, 6.07) is 3.27. The highest BCUT2D eigenvalue weighted by Gasteiger charge is 2.13. The van der Waals surface area contributed by atoms with E-state index in [1.54, 1.807) is 12.1 Å². The lowest BCUT2D eigenvalue weighted by Gasteiger charge is -2.07. The van der Waals surface area contributed by atoms with E-state index in [2.05, 4.69) is 31.1 Å². The van der Waals surface area contributed by atoms with Gasteiger partial charge in [0.1, 0.15) is 6.17 Å². The number of hydrogen-bond donors (Lipinski definition) is 2. The SMILES string of the molecule is CNC(=O)c1cn(CC(F)CCc2ccc(NC=O)nn2)nn1. The van der Waals surface area contributed by atoms with Crippen LogP contribution in [-0.4, -0.2) is 50.7 Å². The van der Waals surface area contributed by atoms with Crippen LogP contribution < -0.4 is 10.6 Å². The maximum atomic E-state index is 14.0. The van der Waals surface area contributed by atoms with Crippen LogP contribution in [0.3, 0.4) is 0 Å². The Morgan fingerprint density at radius 2 is 2.22 bits per heavy atom. The summed E-state index contributed by atoms with van der Waals surface area (Å²) in [7, 11) is 1.48. The number of halogens is 1. The number of aromatic nitrogens is 5. The molecule has 0 aliphatic rings. The Hall–Kier alpha value is -2.91. The topological polar surface area (TPSA) is 115 Å². The Bertz CT molecular complexity index is 659. The van der Waals surface area contributed by atoms with Crippen LogP contribution in [0, 0.1) is 0 Å². The first-order valence-corrected chi connectivity index (χ1v) is 6.91. The minimum absolute atomic E-state index is 0.00219. The van der Waals surface area contributed by atoms with Gasteiger partial charge in [0, 0.05) is 7.05 Å². The Labute approximate surface area is 131 Å². The summed E-state index contributed by atoms with van der Waals surface area (Å²) >= 11 is 0. The van der Waals surface area contributed by atoms with Crippen molar-refractivity contribution in [3.63, 3.8) is 0 Å². The van der Waals surface area contributed by atoms with Gasteiger partial charge in [-0.2, -0.15) is 5.10 Å². The summed E-state index contributed by atoms with van der Waals surface area (Å²) in [5, 5.41) is 19.8. The lowest BCUT2D eigenvalue weighted by atomic mass is 10.1. The van der Waals surface area contributed by atoms with Crippen molar-refractivity contribution in [1.82, 2.24) is 30.5 Å². The van der Waals surface area contributed by atoms with E-state index >= 15 is 0 Å². The van der Waals surface area contributed by atoms with Crippen LogP contribution >= 0.6 is 0 Å². The van der Waals surface area contributed by atoms with Crippen LogP contribution in [0.15, 0.2) is 18.3 Å². The van der Waals surface area contributed by atoms with Crippen molar-refractivity contribution < 1.29 is 14.0 Å². The van der Waals surface area contributed by atoms with Gasteiger partial charge in [-0.3, -0.25) is 9.59 Å². The zero-order chi connectivity index (χ0) is 16.7. The van der Waals surface area contributed by atoms with E-state index in [0.717, 1.165) is 0 Å². The zero-order valence-corrected chi connectivity index (χ0v) is 12.4. The van der Waals surface area contributed by atoms with Gasteiger partial charge in [-0.25, -0.2) is 9.07 Å². The largest absolute Gasteiger partial charge is 0.354 e. The number of anilines is 1. The molecule has 2 N–H and O–H groups in total. The Kier molecular flexibility index (Phi) is 5.67. The first-order chi connectivity index (χ1) is 11.1. The maximum absolute atomic E-state index is 14.0. The first-order valence-electron chi connectivity index (χ1n) is 6.91. The molecule has 2 rings (SSSR count). The molecule has 0 saturated carbocycles. The van der Waals surface area contributed by atoms with Crippen LogP contribution in [0.1, 0.15) is 22.6 Å². The van der Waals surface area contributed by atoms with Crippen LogP contribution in [0.4, 0.5) is 10.2 Å². The molecule has 23 heavy (non-hydrogen) atoms. The van der Waals surface area contributed by atoms with E-state index in [1.165, 1.54) is 17.9 Å². The molecule has 0 radical (unpaired) electrons. The highest BCUT2D eigenvalue weighted by Crippen LogP contribution is 2.09. The highest BCUT2D eigenvalue weighted by molar-refractivity contribution is 5.91. The minimum Gasteiger partial charge on any atom is -0.354 e. The minimum atomic E-state index is -1.16. The molecule has 0 aliphatic heterocycles. The van der Waals surface area contributed by atoms with Crippen molar-refractivity contribution in [2.75, 3.05) is 12.4 Å². The van der Waals surface area contributed by atoms with Gasteiger partial charge in [0.2, 0.25) is 6.41 Å². The molecule has 0 fully saturated rings. The molecule has 0 saturated heterocycles. The van der Waals surface area contributed by atoms with E-state index in [4.69, 9.17) is 0 Å². The van der Waals surface area contributed by atoms with Gasteiger partial charge in [0.25, 0.3) is 5.91 Å². The Morgan fingerprint density at radius 1 is 1.39 bits per heavy atom. The van der Waals surface area contributed by atoms with Crippen molar-refractivity contribution in [1.29, 1.82) is 0 Å². The molecule has 1 atom stereocenters. The average Bonchev–Trinajstić information content (AvgIpc) is 3.02. The third-order valence-electron chi connectivity index (χ3n) is 3.02. The second-order valence-corrected chi connectivity index (χ2v) is 4.71. The molecule has 2 aromatic heterocycles. The van der Waals surface area contributed by atoms with Gasteiger partial charge in [-0.1, -0.05) is 5.21 Å². The van der Waals surface area contributed by atoms with Crippen LogP contribution in [0.5, 0.6) is 0 Å². The molecule has 2 amide bonds. The monoisotopic (exact) mass is 321 g/mol. The normalized spacial score (nSPS) is 11.7. The molecule has 2 heterocycles. The van der Waals surface area contributed by atoms with E-state index < -0.39 is 6.17 Å². The van der Waals surface area contributed by atoms with Gasteiger partial charge in [0.15, 0.2) is 11.5 Å². The lowest BCUT2D eigenvalue weighted by Crippen LogP contribution is -2.18.